The first-order valence-corrected chi connectivity index (χ1v) is 8.24. The Morgan fingerprint density at radius 2 is 2.13 bits per heavy atom. The summed E-state index contributed by atoms with van der Waals surface area (Å²) in [6, 6.07) is 0. The van der Waals surface area contributed by atoms with Gasteiger partial charge in [0.1, 0.15) is 28.9 Å². The van der Waals surface area contributed by atoms with Crippen molar-refractivity contribution in [2.24, 2.45) is 0 Å². The van der Waals surface area contributed by atoms with Crippen molar-refractivity contribution < 1.29 is 20.1 Å². The molecule has 0 unspecified atom stereocenters. The van der Waals surface area contributed by atoms with Gasteiger partial charge in [0, 0.05) is 12.4 Å². The number of aliphatic hydroxyl groups is 3. The molecule has 4 atom stereocenters. The van der Waals surface area contributed by atoms with E-state index in [4.69, 9.17) is 4.74 Å². The zero-order chi connectivity index (χ0) is 16.1. The number of hydrogen-bond acceptors (Lipinski definition) is 8. The molecular formula is C13H15N5O4S. The summed E-state index contributed by atoms with van der Waals surface area (Å²) < 4.78 is 8.98. The van der Waals surface area contributed by atoms with E-state index >= 15 is 0 Å². The Morgan fingerprint density at radius 1 is 1.30 bits per heavy atom. The Bertz CT molecular complexity index is 865. The molecule has 0 radical (unpaired) electrons. The van der Waals surface area contributed by atoms with Crippen molar-refractivity contribution in [2.45, 2.75) is 29.6 Å². The average Bonchev–Trinajstić information content (AvgIpc) is 3.25. The molecule has 0 aliphatic carbocycles. The zero-order valence-electron chi connectivity index (χ0n) is 12.1. The maximum atomic E-state index is 10.3. The lowest BCUT2D eigenvalue weighted by molar-refractivity contribution is -0.0511. The van der Waals surface area contributed by atoms with Crippen molar-refractivity contribution in [1.29, 1.82) is 0 Å². The number of aromatic nitrogens is 5. The number of thioether (sulfide) groups is 1. The van der Waals surface area contributed by atoms with Crippen molar-refractivity contribution in [3.05, 3.63) is 18.7 Å². The molecule has 9 nitrogen and oxygen atoms in total. The van der Waals surface area contributed by atoms with Crippen LogP contribution < -0.4 is 0 Å². The fourth-order valence-electron chi connectivity index (χ4n) is 2.87. The number of ether oxygens (including phenoxy) is 1. The van der Waals surface area contributed by atoms with Crippen LogP contribution in [0, 0.1) is 0 Å². The molecule has 1 fully saturated rings. The lowest BCUT2D eigenvalue weighted by Crippen LogP contribution is -2.33. The summed E-state index contributed by atoms with van der Waals surface area (Å²) in [5.41, 5.74) is 1.31. The third kappa shape index (κ3) is 2.07. The molecule has 0 aromatic carbocycles. The van der Waals surface area contributed by atoms with Gasteiger partial charge in [-0.1, -0.05) is 0 Å². The lowest BCUT2D eigenvalue weighted by Gasteiger charge is -2.17. The predicted molar refractivity (Wildman–Crippen MR) is 81.1 cm³/mol. The second kappa shape index (κ2) is 5.42. The molecule has 23 heavy (non-hydrogen) atoms. The fourth-order valence-corrected chi connectivity index (χ4v) is 3.38. The van der Waals surface area contributed by atoms with Gasteiger partial charge in [-0.3, -0.25) is 8.97 Å². The number of rotatable bonds is 3. The second-order valence-electron chi connectivity index (χ2n) is 5.27. The molecule has 0 amide bonds. The van der Waals surface area contributed by atoms with E-state index in [0.717, 1.165) is 0 Å². The van der Waals surface area contributed by atoms with Crippen molar-refractivity contribution in [2.75, 3.05) is 12.9 Å². The van der Waals surface area contributed by atoms with Crippen LogP contribution in [0.3, 0.4) is 0 Å². The van der Waals surface area contributed by atoms with Gasteiger partial charge in [0.15, 0.2) is 11.9 Å². The van der Waals surface area contributed by atoms with E-state index in [-0.39, 0.29) is 6.61 Å². The number of hydrogen-bond donors (Lipinski definition) is 3. The van der Waals surface area contributed by atoms with Gasteiger partial charge < -0.3 is 20.1 Å². The van der Waals surface area contributed by atoms with Crippen LogP contribution >= 0.6 is 11.8 Å². The SMILES string of the molecule is CSc1nc2nccn2c2c1ncn2[C@@H]1O[C@H](CO)[C@@H](O)[C@H]1O. The van der Waals surface area contributed by atoms with Crippen LogP contribution in [0.15, 0.2) is 23.7 Å². The molecular weight excluding hydrogens is 322 g/mol. The van der Waals surface area contributed by atoms with Gasteiger partial charge >= 0.3 is 0 Å². The summed E-state index contributed by atoms with van der Waals surface area (Å²) in [6.07, 6.45) is 2.77. The smallest absolute Gasteiger partial charge is 0.236 e. The molecule has 3 N–H and O–H groups in total. The lowest BCUT2D eigenvalue weighted by atomic mass is 10.1. The van der Waals surface area contributed by atoms with Crippen LogP contribution in [0.4, 0.5) is 0 Å². The maximum absolute atomic E-state index is 10.3. The van der Waals surface area contributed by atoms with Gasteiger partial charge in [-0.25, -0.2) is 15.0 Å². The third-order valence-electron chi connectivity index (χ3n) is 4.01. The highest BCUT2D eigenvalue weighted by Gasteiger charge is 2.44. The quantitative estimate of drug-likeness (QED) is 0.429. The molecule has 3 aromatic heterocycles. The molecule has 4 rings (SSSR count). The highest BCUT2D eigenvalue weighted by molar-refractivity contribution is 7.98. The number of fused-ring (bicyclic) bond motifs is 3. The average molecular weight is 337 g/mol. The Kier molecular flexibility index (Phi) is 3.50. The Morgan fingerprint density at radius 3 is 2.83 bits per heavy atom. The topological polar surface area (TPSA) is 118 Å². The van der Waals surface area contributed by atoms with Gasteiger partial charge in [0.05, 0.1) is 12.9 Å². The molecule has 3 aromatic rings. The van der Waals surface area contributed by atoms with Crippen LogP contribution in [0.25, 0.3) is 16.9 Å². The van der Waals surface area contributed by atoms with Crippen LogP contribution in [0.1, 0.15) is 6.23 Å². The molecule has 4 heterocycles. The summed E-state index contributed by atoms with van der Waals surface area (Å²) in [6.45, 7) is -0.376. The summed E-state index contributed by atoms with van der Waals surface area (Å²) in [5.74, 6) is 0.510. The first-order chi connectivity index (χ1) is 11.2. The number of aliphatic hydroxyl groups excluding tert-OH is 3. The minimum atomic E-state index is -1.17. The molecule has 10 heteroatoms. The van der Waals surface area contributed by atoms with Crippen molar-refractivity contribution in [1.82, 2.24) is 23.9 Å². The summed E-state index contributed by atoms with van der Waals surface area (Å²) in [5, 5.41) is 30.2. The van der Waals surface area contributed by atoms with Gasteiger partial charge in [0.2, 0.25) is 5.78 Å². The van der Waals surface area contributed by atoms with E-state index in [9.17, 15) is 15.3 Å². The largest absolute Gasteiger partial charge is 0.394 e. The van der Waals surface area contributed by atoms with Crippen molar-refractivity contribution in [3.8, 4) is 0 Å². The maximum Gasteiger partial charge on any atom is 0.236 e. The molecule has 1 aliphatic heterocycles. The highest BCUT2D eigenvalue weighted by atomic mass is 32.2. The van der Waals surface area contributed by atoms with Crippen molar-refractivity contribution >= 4 is 28.7 Å². The van der Waals surface area contributed by atoms with E-state index in [1.807, 2.05) is 6.26 Å². The first-order valence-electron chi connectivity index (χ1n) is 7.01. The van der Waals surface area contributed by atoms with Gasteiger partial charge in [-0.15, -0.1) is 11.8 Å². The van der Waals surface area contributed by atoms with Gasteiger partial charge in [0.25, 0.3) is 0 Å². The normalized spacial score (nSPS) is 28.2. The minimum Gasteiger partial charge on any atom is -0.394 e. The zero-order valence-corrected chi connectivity index (χ0v) is 13.0. The summed E-state index contributed by atoms with van der Waals surface area (Å²) >= 11 is 1.45. The fraction of sp³-hybridized carbons (Fsp3) is 0.462. The monoisotopic (exact) mass is 337 g/mol. The number of imidazole rings is 2. The molecule has 122 valence electrons. The van der Waals surface area contributed by atoms with E-state index in [2.05, 4.69) is 15.0 Å². The van der Waals surface area contributed by atoms with E-state index in [1.165, 1.54) is 18.1 Å². The third-order valence-corrected chi connectivity index (χ3v) is 4.68. The van der Waals surface area contributed by atoms with Crippen LogP contribution in [-0.2, 0) is 4.74 Å². The van der Waals surface area contributed by atoms with Crippen molar-refractivity contribution in [3.63, 3.8) is 0 Å². The van der Waals surface area contributed by atoms with Crippen LogP contribution in [0.5, 0.6) is 0 Å². The Hall–Kier alpha value is -1.72. The highest BCUT2D eigenvalue weighted by Crippen LogP contribution is 2.33. The van der Waals surface area contributed by atoms with Gasteiger partial charge in [-0.2, -0.15) is 0 Å². The predicted octanol–water partition coefficient (Wildman–Crippen LogP) is -0.588. The van der Waals surface area contributed by atoms with E-state index in [1.54, 1.807) is 21.4 Å². The summed E-state index contributed by atoms with van der Waals surface area (Å²) in [4.78, 5) is 13.0. The van der Waals surface area contributed by atoms with Gasteiger partial charge in [-0.05, 0) is 6.26 Å². The molecule has 1 aliphatic rings. The standard InChI is InChI=1S/C13H15N5O4S/c1-23-10-7-11(17-3-2-14-13(17)16-10)18(5-15-7)12-9(21)8(20)6(4-19)22-12/h2-3,5-6,8-9,12,19-21H,4H2,1H3/t6-,8-,9-,12-/m1/s1. The minimum absolute atomic E-state index is 0.376. The first kappa shape index (κ1) is 14.8. The molecule has 0 spiro atoms. The Labute approximate surface area is 134 Å². The van der Waals surface area contributed by atoms with E-state index in [0.29, 0.717) is 22.0 Å². The van der Waals surface area contributed by atoms with E-state index < -0.39 is 24.5 Å². The Balaban J connectivity index is 1.93. The molecule has 1 saturated heterocycles. The molecule has 0 bridgehead atoms. The summed E-state index contributed by atoms with van der Waals surface area (Å²) in [7, 11) is 0. The number of nitrogens with zero attached hydrogens (tertiary/aromatic N) is 5. The molecule has 0 saturated carbocycles. The second-order valence-corrected chi connectivity index (χ2v) is 6.07. The van der Waals surface area contributed by atoms with Crippen LogP contribution in [0.2, 0.25) is 0 Å². The van der Waals surface area contributed by atoms with Crippen LogP contribution in [-0.4, -0.2) is 70.4 Å².